The third kappa shape index (κ3) is 3.70. The van der Waals surface area contributed by atoms with Crippen molar-refractivity contribution >= 4 is 34.1 Å². The Labute approximate surface area is 156 Å². The predicted molar refractivity (Wildman–Crippen MR) is 104 cm³/mol. The maximum atomic E-state index is 12.6. The minimum absolute atomic E-state index is 0.0552. The topological polar surface area (TPSA) is 61.2 Å². The number of nitrogens with zero attached hydrogens (tertiary/aromatic N) is 2. The van der Waals surface area contributed by atoms with Crippen LogP contribution in [0.15, 0.2) is 35.8 Å². The quantitative estimate of drug-likeness (QED) is 0.566. The third-order valence-electron chi connectivity index (χ3n) is 3.80. The van der Waals surface area contributed by atoms with Gasteiger partial charge in [-0.3, -0.25) is 9.36 Å². The Morgan fingerprint density at radius 2 is 1.96 bits per heavy atom. The van der Waals surface area contributed by atoms with E-state index in [0.29, 0.717) is 17.1 Å². The first kappa shape index (κ1) is 18.3. The van der Waals surface area contributed by atoms with Gasteiger partial charge in [-0.1, -0.05) is 25.1 Å². The predicted octanol–water partition coefficient (Wildman–Crippen LogP) is 5.53. The van der Waals surface area contributed by atoms with Crippen LogP contribution < -0.4 is 0 Å². The average Bonchev–Trinajstić information content (AvgIpc) is 3.18. The molecule has 0 atom stereocenters. The van der Waals surface area contributed by atoms with Crippen molar-refractivity contribution in [1.82, 2.24) is 9.55 Å². The molecule has 0 aliphatic heterocycles. The van der Waals surface area contributed by atoms with Crippen molar-refractivity contribution in [2.24, 2.45) is 0 Å². The summed E-state index contributed by atoms with van der Waals surface area (Å²) in [5, 5.41) is 3.28. The van der Waals surface area contributed by atoms with Crippen molar-refractivity contribution in [3.8, 4) is 11.3 Å². The van der Waals surface area contributed by atoms with Gasteiger partial charge in [-0.25, -0.2) is 9.78 Å². The summed E-state index contributed by atoms with van der Waals surface area (Å²) in [6, 6.07) is 7.61. The standard InChI is InChI=1S/C20H22N2O3S/c1-5-8-17(23)18-21-15(12-26-18)14-11-22(19(24)25-20(2,3)4)16-10-7-6-9-13(14)16/h6-7,9-12H,5,8H2,1-4H3. The molecule has 0 unspecified atom stereocenters. The summed E-state index contributed by atoms with van der Waals surface area (Å²) in [5.74, 6) is 0.0552. The van der Waals surface area contributed by atoms with Gasteiger partial charge in [0, 0.05) is 28.9 Å². The van der Waals surface area contributed by atoms with Gasteiger partial charge in [0.25, 0.3) is 0 Å². The summed E-state index contributed by atoms with van der Waals surface area (Å²) in [7, 11) is 0. The molecular formula is C20H22N2O3S. The molecule has 0 N–H and O–H groups in total. The number of ether oxygens (including phenoxy) is 1. The Morgan fingerprint density at radius 3 is 2.65 bits per heavy atom. The van der Waals surface area contributed by atoms with Crippen molar-refractivity contribution in [1.29, 1.82) is 0 Å². The van der Waals surface area contributed by atoms with E-state index in [1.165, 1.54) is 15.9 Å². The molecule has 1 aromatic carbocycles. The van der Waals surface area contributed by atoms with E-state index in [2.05, 4.69) is 4.98 Å². The molecule has 0 spiro atoms. The van der Waals surface area contributed by atoms with E-state index in [9.17, 15) is 9.59 Å². The molecule has 0 saturated carbocycles. The number of thiazole rings is 1. The van der Waals surface area contributed by atoms with Gasteiger partial charge < -0.3 is 4.74 Å². The van der Waals surface area contributed by atoms with Crippen molar-refractivity contribution < 1.29 is 14.3 Å². The number of hydrogen-bond acceptors (Lipinski definition) is 5. The number of para-hydroxylation sites is 1. The molecule has 136 valence electrons. The Morgan fingerprint density at radius 1 is 1.23 bits per heavy atom. The van der Waals surface area contributed by atoms with Gasteiger partial charge in [-0.15, -0.1) is 11.3 Å². The van der Waals surface area contributed by atoms with Crippen LogP contribution in [0.2, 0.25) is 0 Å². The van der Waals surface area contributed by atoms with Crippen LogP contribution in [0, 0.1) is 0 Å². The number of hydrogen-bond donors (Lipinski definition) is 0. The van der Waals surface area contributed by atoms with E-state index in [-0.39, 0.29) is 5.78 Å². The molecule has 0 fully saturated rings. The summed E-state index contributed by atoms with van der Waals surface area (Å²) in [6.07, 6.45) is 2.60. The lowest BCUT2D eigenvalue weighted by Crippen LogP contribution is -2.26. The van der Waals surface area contributed by atoms with Crippen LogP contribution >= 0.6 is 11.3 Å². The van der Waals surface area contributed by atoms with E-state index in [1.807, 2.05) is 57.3 Å². The Bertz CT molecular complexity index is 963. The lowest BCUT2D eigenvalue weighted by molar-refractivity contribution is 0.0544. The number of carbonyl (C=O) groups excluding carboxylic acids is 2. The van der Waals surface area contributed by atoms with E-state index in [4.69, 9.17) is 4.74 Å². The highest BCUT2D eigenvalue weighted by molar-refractivity contribution is 7.12. The minimum atomic E-state index is -0.580. The fourth-order valence-electron chi connectivity index (χ4n) is 2.71. The zero-order valence-electron chi connectivity index (χ0n) is 15.4. The third-order valence-corrected chi connectivity index (χ3v) is 4.68. The van der Waals surface area contributed by atoms with Crippen molar-refractivity contribution in [3.63, 3.8) is 0 Å². The van der Waals surface area contributed by atoms with Crippen LogP contribution in [0.4, 0.5) is 4.79 Å². The molecule has 3 aromatic rings. The highest BCUT2D eigenvalue weighted by atomic mass is 32.1. The summed E-state index contributed by atoms with van der Waals surface area (Å²) in [5.41, 5.74) is 1.70. The van der Waals surface area contributed by atoms with Crippen molar-refractivity contribution in [3.05, 3.63) is 40.8 Å². The van der Waals surface area contributed by atoms with Crippen LogP contribution in [0.25, 0.3) is 22.2 Å². The monoisotopic (exact) mass is 370 g/mol. The molecule has 6 heteroatoms. The molecule has 0 aliphatic carbocycles. The van der Waals surface area contributed by atoms with Gasteiger partial charge in [-0.05, 0) is 33.3 Å². The molecule has 2 heterocycles. The summed E-state index contributed by atoms with van der Waals surface area (Å²) < 4.78 is 7.01. The molecular weight excluding hydrogens is 348 g/mol. The summed E-state index contributed by atoms with van der Waals surface area (Å²) in [6.45, 7) is 7.48. The van der Waals surface area contributed by atoms with Crippen LogP contribution in [0.1, 0.15) is 50.3 Å². The fourth-order valence-corrected chi connectivity index (χ4v) is 3.49. The molecule has 0 radical (unpaired) electrons. The van der Waals surface area contributed by atoms with Gasteiger partial charge in [-0.2, -0.15) is 0 Å². The molecule has 0 saturated heterocycles. The molecule has 0 bridgehead atoms. The first-order valence-electron chi connectivity index (χ1n) is 8.62. The Kier molecular flexibility index (Phi) is 4.96. The highest BCUT2D eigenvalue weighted by Crippen LogP contribution is 2.32. The minimum Gasteiger partial charge on any atom is -0.443 e. The maximum Gasteiger partial charge on any atom is 0.419 e. The van der Waals surface area contributed by atoms with E-state index in [1.54, 1.807) is 6.20 Å². The Balaban J connectivity index is 2.05. The fraction of sp³-hybridized carbons (Fsp3) is 0.350. The SMILES string of the molecule is CCCC(=O)c1nc(-c2cn(C(=O)OC(C)(C)C)c3ccccc23)cs1. The zero-order chi connectivity index (χ0) is 18.9. The van der Waals surface area contributed by atoms with Gasteiger partial charge in [0.2, 0.25) is 0 Å². The lowest BCUT2D eigenvalue weighted by atomic mass is 10.1. The summed E-state index contributed by atoms with van der Waals surface area (Å²) in [4.78, 5) is 29.2. The number of benzene rings is 1. The smallest absolute Gasteiger partial charge is 0.419 e. The van der Waals surface area contributed by atoms with E-state index >= 15 is 0 Å². The molecule has 26 heavy (non-hydrogen) atoms. The lowest BCUT2D eigenvalue weighted by Gasteiger charge is -2.19. The molecule has 5 nitrogen and oxygen atoms in total. The van der Waals surface area contributed by atoms with Crippen LogP contribution in [-0.4, -0.2) is 27.0 Å². The van der Waals surface area contributed by atoms with Crippen LogP contribution in [0.3, 0.4) is 0 Å². The zero-order valence-corrected chi connectivity index (χ0v) is 16.2. The second-order valence-corrected chi connectivity index (χ2v) is 7.98. The number of carbonyl (C=O) groups is 2. The number of ketones is 1. The average molecular weight is 370 g/mol. The second-order valence-electron chi connectivity index (χ2n) is 7.12. The Hall–Kier alpha value is -2.47. The maximum absolute atomic E-state index is 12.6. The van der Waals surface area contributed by atoms with Gasteiger partial charge in [0.05, 0.1) is 11.2 Å². The number of Topliss-reactive ketones (excluding diaryl/α,β-unsaturated/α-hetero) is 1. The first-order chi connectivity index (χ1) is 12.3. The van der Waals surface area contributed by atoms with Gasteiger partial charge in [0.1, 0.15) is 5.60 Å². The largest absolute Gasteiger partial charge is 0.443 e. The van der Waals surface area contributed by atoms with Crippen LogP contribution in [0.5, 0.6) is 0 Å². The molecule has 3 rings (SSSR count). The van der Waals surface area contributed by atoms with Crippen molar-refractivity contribution in [2.45, 2.75) is 46.1 Å². The van der Waals surface area contributed by atoms with Gasteiger partial charge >= 0.3 is 6.09 Å². The number of fused-ring (bicyclic) bond motifs is 1. The normalized spacial score (nSPS) is 11.7. The summed E-state index contributed by atoms with van der Waals surface area (Å²) >= 11 is 1.34. The van der Waals surface area contributed by atoms with Gasteiger partial charge in [0.15, 0.2) is 10.8 Å². The molecule has 0 amide bonds. The van der Waals surface area contributed by atoms with E-state index in [0.717, 1.165) is 22.9 Å². The highest BCUT2D eigenvalue weighted by Gasteiger charge is 2.22. The van der Waals surface area contributed by atoms with Crippen LogP contribution in [-0.2, 0) is 4.74 Å². The van der Waals surface area contributed by atoms with Crippen molar-refractivity contribution in [2.75, 3.05) is 0 Å². The first-order valence-corrected chi connectivity index (χ1v) is 9.50. The van der Waals surface area contributed by atoms with E-state index < -0.39 is 11.7 Å². The number of aromatic nitrogens is 2. The second kappa shape index (κ2) is 7.03. The number of rotatable bonds is 4. The molecule has 2 aromatic heterocycles. The molecule has 0 aliphatic rings.